The molecule has 1 saturated carbocycles. The number of nitrogens with one attached hydrogen (secondary N) is 1. The number of fused-ring (bicyclic) bond motifs is 2. The number of rotatable bonds is 8. The molecule has 3 aromatic heterocycles. The largest absolute Gasteiger partial charge is 0.486 e. The zero-order valence-electron chi connectivity index (χ0n) is 18.1. The molecule has 0 aliphatic heterocycles. The van der Waals surface area contributed by atoms with E-state index in [1.807, 2.05) is 24.3 Å². The number of anilines is 1. The summed E-state index contributed by atoms with van der Waals surface area (Å²) in [6.45, 7) is 7.89. The zero-order chi connectivity index (χ0) is 22.8. The van der Waals surface area contributed by atoms with Gasteiger partial charge in [0.05, 0.1) is 22.8 Å². The molecule has 0 amide bonds. The maximum absolute atomic E-state index is 13.0. The van der Waals surface area contributed by atoms with Crippen LogP contribution in [0.4, 0.5) is 5.82 Å². The van der Waals surface area contributed by atoms with E-state index in [-0.39, 0.29) is 12.0 Å². The summed E-state index contributed by atoms with van der Waals surface area (Å²) in [5.74, 6) is 2.49. The molecule has 0 radical (unpaired) electrons. The maximum atomic E-state index is 13.0. The molecule has 33 heavy (non-hydrogen) atoms. The Kier molecular flexibility index (Phi) is 5.48. The molecule has 3 heterocycles. The Bertz CT molecular complexity index is 1380. The van der Waals surface area contributed by atoms with Crippen LogP contribution in [0.1, 0.15) is 12.1 Å². The highest BCUT2D eigenvalue weighted by molar-refractivity contribution is 5.86. The summed E-state index contributed by atoms with van der Waals surface area (Å²) in [6, 6.07) is 7.18. The van der Waals surface area contributed by atoms with Crippen LogP contribution in [0.25, 0.3) is 16.6 Å². The third kappa shape index (κ3) is 4.28. The number of aromatic nitrogens is 3. The highest BCUT2D eigenvalue weighted by Crippen LogP contribution is 2.45. The van der Waals surface area contributed by atoms with Gasteiger partial charge in [-0.1, -0.05) is 31.4 Å². The smallest absolute Gasteiger partial charge is 0.193 e. The number of ether oxygens (including phenoxy) is 1. The molecular formula is C27H24N4O2. The quantitative estimate of drug-likeness (QED) is 0.499. The van der Waals surface area contributed by atoms with Crippen LogP contribution in [0.3, 0.4) is 0 Å². The van der Waals surface area contributed by atoms with E-state index in [2.05, 4.69) is 51.2 Å². The SMILES string of the molecule is C=C/C=C(\C=C)Nc1cc(=O)c2cnc(COc3cccnc3)cc2n1C1=CC2CC2C=C1. The fraction of sp³-hybridized carbons (Fsp3) is 0.148. The van der Waals surface area contributed by atoms with Gasteiger partial charge in [-0.2, -0.15) is 0 Å². The van der Waals surface area contributed by atoms with Gasteiger partial charge in [-0.05, 0) is 54.7 Å². The second-order valence-electron chi connectivity index (χ2n) is 8.10. The molecule has 3 aromatic rings. The molecule has 0 aromatic carbocycles. The number of hydrogen-bond acceptors (Lipinski definition) is 5. The van der Waals surface area contributed by atoms with E-state index in [9.17, 15) is 4.79 Å². The van der Waals surface area contributed by atoms with Gasteiger partial charge in [0.15, 0.2) is 5.43 Å². The lowest BCUT2D eigenvalue weighted by Gasteiger charge is -2.21. The van der Waals surface area contributed by atoms with Crippen LogP contribution in [0.2, 0.25) is 0 Å². The van der Waals surface area contributed by atoms with Crippen molar-refractivity contribution in [3.63, 3.8) is 0 Å². The minimum absolute atomic E-state index is 0.109. The van der Waals surface area contributed by atoms with Crippen LogP contribution in [-0.4, -0.2) is 14.5 Å². The van der Waals surface area contributed by atoms with E-state index < -0.39 is 0 Å². The summed E-state index contributed by atoms with van der Waals surface area (Å²) >= 11 is 0. The van der Waals surface area contributed by atoms with Crippen LogP contribution in [0.5, 0.6) is 5.75 Å². The third-order valence-corrected chi connectivity index (χ3v) is 5.81. The number of allylic oxidation sites excluding steroid dienone is 7. The average molecular weight is 437 g/mol. The summed E-state index contributed by atoms with van der Waals surface area (Å²) in [4.78, 5) is 21.5. The molecule has 2 aliphatic carbocycles. The molecule has 2 atom stereocenters. The van der Waals surface area contributed by atoms with Gasteiger partial charge in [0.1, 0.15) is 18.2 Å². The Morgan fingerprint density at radius 2 is 2.18 bits per heavy atom. The van der Waals surface area contributed by atoms with Crippen LogP contribution in [0, 0.1) is 11.8 Å². The van der Waals surface area contributed by atoms with E-state index in [0.717, 1.165) is 16.9 Å². The first-order valence-electron chi connectivity index (χ1n) is 10.9. The number of nitrogens with zero attached hydrogens (tertiary/aromatic N) is 3. The molecule has 5 rings (SSSR count). The van der Waals surface area contributed by atoms with Crippen LogP contribution in [-0.2, 0) is 6.61 Å². The second-order valence-corrected chi connectivity index (χ2v) is 8.10. The molecule has 2 unspecified atom stereocenters. The molecule has 0 bridgehead atoms. The minimum atomic E-state index is -0.109. The van der Waals surface area contributed by atoms with E-state index in [1.165, 1.54) is 6.42 Å². The summed E-state index contributed by atoms with van der Waals surface area (Å²) in [5.41, 5.74) is 3.14. The van der Waals surface area contributed by atoms with Crippen molar-refractivity contribution in [1.82, 2.24) is 14.5 Å². The third-order valence-electron chi connectivity index (χ3n) is 5.81. The topological polar surface area (TPSA) is 69.0 Å². The highest BCUT2D eigenvalue weighted by atomic mass is 16.5. The van der Waals surface area contributed by atoms with Gasteiger partial charge < -0.3 is 10.1 Å². The molecule has 1 N–H and O–H groups in total. The van der Waals surface area contributed by atoms with Gasteiger partial charge in [0.25, 0.3) is 0 Å². The lowest BCUT2D eigenvalue weighted by Crippen LogP contribution is -2.16. The number of hydrogen-bond donors (Lipinski definition) is 1. The highest BCUT2D eigenvalue weighted by Gasteiger charge is 2.35. The van der Waals surface area contributed by atoms with Crippen LogP contribution in [0.15, 0.2) is 103 Å². The second kappa shape index (κ2) is 8.74. The lowest BCUT2D eigenvalue weighted by atomic mass is 10.1. The standard InChI is InChI=1S/C27H24N4O2/c1-3-6-20(4-2)30-27-14-26(32)24-16-29-21(17-33-23-7-5-10-28-15-23)13-25(24)31(27)22-9-8-18-11-19(18)12-22/h3-10,12-16,18-19,30H,1-2,11,17H2/b20-6+. The van der Waals surface area contributed by atoms with E-state index >= 15 is 0 Å². The minimum Gasteiger partial charge on any atom is -0.486 e. The Balaban J connectivity index is 1.62. The van der Waals surface area contributed by atoms with Gasteiger partial charge in [-0.15, -0.1) is 0 Å². The first-order chi connectivity index (χ1) is 16.2. The van der Waals surface area contributed by atoms with Crippen molar-refractivity contribution in [2.24, 2.45) is 11.8 Å². The fourth-order valence-electron chi connectivity index (χ4n) is 4.03. The first-order valence-corrected chi connectivity index (χ1v) is 10.9. The van der Waals surface area contributed by atoms with E-state index in [0.29, 0.717) is 34.5 Å². The Morgan fingerprint density at radius 3 is 2.94 bits per heavy atom. The molecule has 6 nitrogen and oxygen atoms in total. The van der Waals surface area contributed by atoms with Crippen LogP contribution >= 0.6 is 0 Å². The van der Waals surface area contributed by atoms with Crippen molar-refractivity contribution < 1.29 is 4.74 Å². The van der Waals surface area contributed by atoms with Gasteiger partial charge in [-0.25, -0.2) is 0 Å². The van der Waals surface area contributed by atoms with Crippen molar-refractivity contribution in [2.75, 3.05) is 5.32 Å². The van der Waals surface area contributed by atoms with Gasteiger partial charge in [-0.3, -0.25) is 19.3 Å². The Labute approximate surface area is 192 Å². The van der Waals surface area contributed by atoms with Crippen molar-refractivity contribution >= 4 is 22.4 Å². The predicted molar refractivity (Wildman–Crippen MR) is 132 cm³/mol. The predicted octanol–water partition coefficient (Wildman–Crippen LogP) is 5.09. The summed E-state index contributed by atoms with van der Waals surface area (Å²) in [6.07, 6.45) is 18.0. The van der Waals surface area contributed by atoms with Crippen molar-refractivity contribution in [3.8, 4) is 5.75 Å². The molecule has 0 spiro atoms. The lowest BCUT2D eigenvalue weighted by molar-refractivity contribution is 0.300. The van der Waals surface area contributed by atoms with Gasteiger partial charge in [0, 0.05) is 29.9 Å². The van der Waals surface area contributed by atoms with E-state index in [4.69, 9.17) is 4.74 Å². The Hall–Kier alpha value is -4.19. The fourth-order valence-corrected chi connectivity index (χ4v) is 4.03. The Morgan fingerprint density at radius 1 is 1.27 bits per heavy atom. The zero-order valence-corrected chi connectivity index (χ0v) is 18.1. The van der Waals surface area contributed by atoms with E-state index in [1.54, 1.807) is 36.8 Å². The monoisotopic (exact) mass is 436 g/mol. The molecule has 164 valence electrons. The van der Waals surface area contributed by atoms with Gasteiger partial charge in [0.2, 0.25) is 0 Å². The van der Waals surface area contributed by atoms with Crippen molar-refractivity contribution in [3.05, 3.63) is 114 Å². The summed E-state index contributed by atoms with van der Waals surface area (Å²) < 4.78 is 7.90. The number of pyridine rings is 3. The molecular weight excluding hydrogens is 412 g/mol. The molecule has 2 aliphatic rings. The summed E-state index contributed by atoms with van der Waals surface area (Å²) in [5, 5.41) is 3.88. The average Bonchev–Trinajstić information content (AvgIpc) is 3.62. The van der Waals surface area contributed by atoms with Crippen LogP contribution < -0.4 is 15.5 Å². The normalized spacial score (nSPS) is 18.9. The molecule has 1 fully saturated rings. The summed E-state index contributed by atoms with van der Waals surface area (Å²) in [7, 11) is 0. The molecule has 6 heteroatoms. The maximum Gasteiger partial charge on any atom is 0.193 e. The van der Waals surface area contributed by atoms with Crippen molar-refractivity contribution in [1.29, 1.82) is 0 Å². The van der Waals surface area contributed by atoms with Gasteiger partial charge >= 0.3 is 0 Å². The molecule has 0 saturated heterocycles. The first kappa shape index (κ1) is 20.7. The van der Waals surface area contributed by atoms with Crippen molar-refractivity contribution in [2.45, 2.75) is 13.0 Å².